The predicted octanol–water partition coefficient (Wildman–Crippen LogP) is 3.81. The van der Waals surface area contributed by atoms with E-state index in [1.807, 2.05) is 31.2 Å². The van der Waals surface area contributed by atoms with Gasteiger partial charge in [0.05, 0.1) is 0 Å². The number of carbonyl (C=O) groups excluding carboxylic acids is 1. The van der Waals surface area contributed by atoms with Gasteiger partial charge in [0.2, 0.25) is 5.91 Å². The van der Waals surface area contributed by atoms with Gasteiger partial charge in [0.25, 0.3) is 0 Å². The number of nitrogens with one attached hydrogen (secondary N) is 2. The van der Waals surface area contributed by atoms with Crippen LogP contribution in [0.15, 0.2) is 41.7 Å². The molecule has 0 spiro atoms. The Morgan fingerprint density at radius 2 is 2.19 bits per heavy atom. The summed E-state index contributed by atoms with van der Waals surface area (Å²) in [6.45, 7) is 7.52. The Bertz CT molecular complexity index is 575. The Hall–Kier alpha value is -1.81. The van der Waals surface area contributed by atoms with E-state index in [-0.39, 0.29) is 17.9 Å². The number of hydrogen-bond acceptors (Lipinski definition) is 3. The summed E-state index contributed by atoms with van der Waals surface area (Å²) >= 11 is 5.72. The molecule has 21 heavy (non-hydrogen) atoms. The van der Waals surface area contributed by atoms with E-state index in [1.54, 1.807) is 6.92 Å². The van der Waals surface area contributed by atoms with Crippen LogP contribution in [0.5, 0.6) is 0 Å². The first-order chi connectivity index (χ1) is 9.95. The molecule has 2 N–H and O–H groups in total. The SMILES string of the molecule is C=C(N=C(C)Cl)NC(C)c1cccc(NC(=O)C2CC2)c1. The van der Waals surface area contributed by atoms with Gasteiger partial charge in [0.1, 0.15) is 11.0 Å². The molecule has 1 amide bonds. The lowest BCUT2D eigenvalue weighted by atomic mass is 10.1. The van der Waals surface area contributed by atoms with Gasteiger partial charge in [-0.15, -0.1) is 0 Å². The predicted molar refractivity (Wildman–Crippen MR) is 87.4 cm³/mol. The van der Waals surface area contributed by atoms with Crippen molar-refractivity contribution in [1.82, 2.24) is 5.32 Å². The Labute approximate surface area is 130 Å². The van der Waals surface area contributed by atoms with E-state index >= 15 is 0 Å². The topological polar surface area (TPSA) is 53.5 Å². The van der Waals surface area contributed by atoms with Crippen LogP contribution in [-0.4, -0.2) is 11.1 Å². The van der Waals surface area contributed by atoms with Crippen molar-refractivity contribution < 1.29 is 4.79 Å². The lowest BCUT2D eigenvalue weighted by molar-refractivity contribution is -0.117. The normalized spacial score (nSPS) is 16.2. The Morgan fingerprint density at radius 3 is 2.81 bits per heavy atom. The minimum Gasteiger partial charge on any atom is -0.364 e. The molecule has 1 atom stereocenters. The summed E-state index contributed by atoms with van der Waals surface area (Å²) in [6, 6.07) is 7.80. The summed E-state index contributed by atoms with van der Waals surface area (Å²) in [5, 5.41) is 6.55. The number of aliphatic imine (C=N–C) groups is 1. The molecule has 0 aliphatic heterocycles. The first-order valence-electron chi connectivity index (χ1n) is 7.03. The number of anilines is 1. The first-order valence-corrected chi connectivity index (χ1v) is 7.40. The van der Waals surface area contributed by atoms with Gasteiger partial charge in [-0.25, -0.2) is 4.99 Å². The highest BCUT2D eigenvalue weighted by atomic mass is 35.5. The maximum Gasteiger partial charge on any atom is 0.227 e. The molecular formula is C16H20ClN3O. The highest BCUT2D eigenvalue weighted by molar-refractivity contribution is 6.64. The van der Waals surface area contributed by atoms with Crippen molar-refractivity contribution in [2.45, 2.75) is 32.7 Å². The summed E-state index contributed by atoms with van der Waals surface area (Å²) in [6.07, 6.45) is 2.00. The molecule has 1 fully saturated rings. The smallest absolute Gasteiger partial charge is 0.227 e. The number of hydrogen-bond donors (Lipinski definition) is 2. The number of halogens is 1. The van der Waals surface area contributed by atoms with Crippen molar-refractivity contribution in [2.24, 2.45) is 10.9 Å². The zero-order chi connectivity index (χ0) is 15.4. The summed E-state index contributed by atoms with van der Waals surface area (Å²) in [4.78, 5) is 15.8. The zero-order valence-corrected chi connectivity index (χ0v) is 13.1. The molecule has 1 aliphatic carbocycles. The second-order valence-electron chi connectivity index (χ2n) is 5.31. The molecule has 1 aliphatic rings. The fraction of sp³-hybridized carbons (Fsp3) is 0.375. The molecule has 2 rings (SSSR count). The van der Waals surface area contributed by atoms with Gasteiger partial charge in [0, 0.05) is 17.6 Å². The highest BCUT2D eigenvalue weighted by Crippen LogP contribution is 2.30. The van der Waals surface area contributed by atoms with E-state index in [0.717, 1.165) is 24.1 Å². The van der Waals surface area contributed by atoms with Crippen molar-refractivity contribution in [3.05, 3.63) is 42.2 Å². The van der Waals surface area contributed by atoms with Crippen molar-refractivity contribution in [1.29, 1.82) is 0 Å². The molecule has 5 heteroatoms. The second-order valence-corrected chi connectivity index (χ2v) is 5.86. The van der Waals surface area contributed by atoms with Crippen LogP contribution >= 0.6 is 11.6 Å². The van der Waals surface area contributed by atoms with Gasteiger partial charge < -0.3 is 10.6 Å². The molecule has 0 aromatic heterocycles. The third-order valence-corrected chi connectivity index (χ3v) is 3.36. The molecule has 0 bridgehead atoms. The second kappa shape index (κ2) is 6.76. The fourth-order valence-electron chi connectivity index (χ4n) is 2.03. The van der Waals surface area contributed by atoms with Crippen LogP contribution in [0.2, 0.25) is 0 Å². The van der Waals surface area contributed by atoms with Gasteiger partial charge in [0.15, 0.2) is 0 Å². The molecule has 0 heterocycles. The van der Waals surface area contributed by atoms with Crippen LogP contribution < -0.4 is 10.6 Å². The number of rotatable bonds is 6. The van der Waals surface area contributed by atoms with E-state index in [2.05, 4.69) is 22.2 Å². The summed E-state index contributed by atoms with van der Waals surface area (Å²) < 4.78 is 0. The summed E-state index contributed by atoms with van der Waals surface area (Å²) in [7, 11) is 0. The largest absolute Gasteiger partial charge is 0.364 e. The molecule has 0 radical (unpaired) electrons. The van der Waals surface area contributed by atoms with Crippen molar-refractivity contribution in [3.8, 4) is 0 Å². The highest BCUT2D eigenvalue weighted by Gasteiger charge is 2.29. The lowest BCUT2D eigenvalue weighted by Gasteiger charge is -2.16. The fourth-order valence-corrected chi connectivity index (χ4v) is 2.13. The standard InChI is InChI=1S/C16H20ClN3O/c1-10(18-12(3)19-11(2)17)14-5-4-6-15(9-14)20-16(21)13-7-8-13/h4-6,9-10,13,18H,3,7-8H2,1-2H3,(H,20,21). The van der Waals surface area contributed by atoms with Crippen molar-refractivity contribution >= 4 is 28.4 Å². The average molecular weight is 306 g/mol. The molecule has 1 aromatic carbocycles. The minimum atomic E-state index is 0.0232. The number of nitrogens with zero attached hydrogens (tertiary/aromatic N) is 1. The molecule has 112 valence electrons. The molecule has 4 nitrogen and oxygen atoms in total. The van der Waals surface area contributed by atoms with Crippen molar-refractivity contribution in [3.63, 3.8) is 0 Å². The Kier molecular flexibility index (Phi) is 5.02. The zero-order valence-electron chi connectivity index (χ0n) is 12.3. The first kappa shape index (κ1) is 15.6. The Balaban J connectivity index is 2.00. The van der Waals surface area contributed by atoms with Gasteiger partial charge in [-0.05, 0) is 44.4 Å². The molecule has 0 saturated heterocycles. The van der Waals surface area contributed by atoms with E-state index in [9.17, 15) is 4.79 Å². The van der Waals surface area contributed by atoms with Gasteiger partial charge >= 0.3 is 0 Å². The van der Waals surface area contributed by atoms with E-state index in [0.29, 0.717) is 11.0 Å². The summed E-state index contributed by atoms with van der Waals surface area (Å²) in [5.41, 5.74) is 1.87. The van der Waals surface area contributed by atoms with Crippen LogP contribution in [0.1, 0.15) is 38.3 Å². The lowest BCUT2D eigenvalue weighted by Crippen LogP contribution is -2.17. The molecular weight excluding hydrogens is 286 g/mol. The van der Waals surface area contributed by atoms with Gasteiger partial charge in [-0.1, -0.05) is 30.3 Å². The van der Waals surface area contributed by atoms with Crippen LogP contribution in [0.3, 0.4) is 0 Å². The molecule has 1 aromatic rings. The third-order valence-electron chi connectivity index (χ3n) is 3.27. The van der Waals surface area contributed by atoms with Gasteiger partial charge in [-0.2, -0.15) is 0 Å². The Morgan fingerprint density at radius 1 is 1.48 bits per heavy atom. The van der Waals surface area contributed by atoms with Crippen LogP contribution in [0.4, 0.5) is 5.69 Å². The number of amides is 1. The molecule has 1 unspecified atom stereocenters. The molecule has 1 saturated carbocycles. The minimum absolute atomic E-state index is 0.0232. The average Bonchev–Trinajstić information content (AvgIpc) is 3.22. The van der Waals surface area contributed by atoms with Crippen LogP contribution in [0, 0.1) is 5.92 Å². The van der Waals surface area contributed by atoms with E-state index < -0.39 is 0 Å². The monoisotopic (exact) mass is 305 g/mol. The third kappa shape index (κ3) is 4.90. The number of carbonyl (C=O) groups is 1. The van der Waals surface area contributed by atoms with Crippen LogP contribution in [0.25, 0.3) is 0 Å². The summed E-state index contributed by atoms with van der Waals surface area (Å²) in [5.74, 6) is 0.826. The van der Waals surface area contributed by atoms with Crippen LogP contribution in [-0.2, 0) is 4.79 Å². The maximum absolute atomic E-state index is 11.8. The number of benzene rings is 1. The van der Waals surface area contributed by atoms with E-state index in [4.69, 9.17) is 11.6 Å². The van der Waals surface area contributed by atoms with Gasteiger partial charge in [-0.3, -0.25) is 4.79 Å². The van der Waals surface area contributed by atoms with E-state index in [1.165, 1.54) is 0 Å². The quantitative estimate of drug-likeness (QED) is 0.785. The maximum atomic E-state index is 11.8. The van der Waals surface area contributed by atoms with Crippen molar-refractivity contribution in [2.75, 3.05) is 5.32 Å².